The molecule has 1 aromatic carbocycles. The number of halogens is 1. The number of aromatic nitrogens is 1. The van der Waals surface area contributed by atoms with Gasteiger partial charge in [-0.3, -0.25) is 9.69 Å². The van der Waals surface area contributed by atoms with Crippen LogP contribution in [-0.4, -0.2) is 56.0 Å². The SMILES string of the molecule is Cc1cc(Cl)cc2sc(N(CC3CCCO3)C(=O)C3CCN(S(=O)(=O)c4cccs4)CC3)nc12. The van der Waals surface area contributed by atoms with Gasteiger partial charge >= 0.3 is 0 Å². The molecule has 4 heterocycles. The van der Waals surface area contributed by atoms with Crippen LogP contribution in [0.1, 0.15) is 31.2 Å². The lowest BCUT2D eigenvalue weighted by atomic mass is 9.96. The monoisotopic (exact) mass is 539 g/mol. The number of hydrogen-bond donors (Lipinski definition) is 0. The van der Waals surface area contributed by atoms with E-state index in [1.165, 1.54) is 27.0 Å². The van der Waals surface area contributed by atoms with Crippen LogP contribution in [0.5, 0.6) is 0 Å². The summed E-state index contributed by atoms with van der Waals surface area (Å²) in [7, 11) is -3.50. The van der Waals surface area contributed by atoms with Crippen molar-refractivity contribution < 1.29 is 17.9 Å². The second kappa shape index (κ2) is 9.83. The summed E-state index contributed by atoms with van der Waals surface area (Å²) in [5.74, 6) is -0.264. The number of sulfonamides is 1. The lowest BCUT2D eigenvalue weighted by Crippen LogP contribution is -2.46. The van der Waals surface area contributed by atoms with E-state index in [1.807, 2.05) is 19.1 Å². The fourth-order valence-electron chi connectivity index (χ4n) is 4.61. The Balaban J connectivity index is 1.37. The topological polar surface area (TPSA) is 79.8 Å². The standard InChI is InChI=1S/C23H26ClN3O4S3/c1-15-12-17(24)13-19-21(15)25-23(33-19)27(14-18-4-2-10-31-18)22(28)16-6-8-26(9-7-16)34(29,30)20-5-3-11-32-20/h3,5,11-13,16,18H,2,4,6-10,14H2,1H3. The molecule has 0 bridgehead atoms. The van der Waals surface area contributed by atoms with Crippen molar-refractivity contribution in [1.29, 1.82) is 0 Å². The van der Waals surface area contributed by atoms with E-state index in [1.54, 1.807) is 22.4 Å². The smallest absolute Gasteiger partial charge is 0.252 e. The van der Waals surface area contributed by atoms with Gasteiger partial charge in [0.05, 0.1) is 22.9 Å². The number of benzene rings is 1. The van der Waals surface area contributed by atoms with Crippen molar-refractivity contribution in [3.63, 3.8) is 0 Å². The van der Waals surface area contributed by atoms with E-state index in [0.717, 1.165) is 28.6 Å². The first-order valence-electron chi connectivity index (χ1n) is 11.4. The van der Waals surface area contributed by atoms with E-state index in [0.29, 0.717) is 53.4 Å². The lowest BCUT2D eigenvalue weighted by Gasteiger charge is -2.33. The minimum atomic E-state index is -3.50. The van der Waals surface area contributed by atoms with Crippen LogP contribution >= 0.6 is 34.3 Å². The number of amides is 1. The summed E-state index contributed by atoms with van der Waals surface area (Å²) >= 11 is 8.93. The second-order valence-electron chi connectivity index (χ2n) is 8.76. The maximum atomic E-state index is 13.7. The number of piperidine rings is 1. The zero-order valence-electron chi connectivity index (χ0n) is 18.8. The predicted molar refractivity (Wildman–Crippen MR) is 136 cm³/mol. The molecule has 34 heavy (non-hydrogen) atoms. The molecule has 11 heteroatoms. The number of carbonyl (C=O) groups is 1. The molecule has 1 atom stereocenters. The Morgan fingerprint density at radius 1 is 1.29 bits per heavy atom. The molecule has 3 aromatic rings. The van der Waals surface area contributed by atoms with Crippen molar-refractivity contribution in [2.75, 3.05) is 31.1 Å². The summed E-state index contributed by atoms with van der Waals surface area (Å²) < 4.78 is 34.4. The van der Waals surface area contributed by atoms with Gasteiger partial charge in [-0.2, -0.15) is 4.31 Å². The van der Waals surface area contributed by atoms with Crippen LogP contribution in [0.15, 0.2) is 33.9 Å². The Bertz CT molecular complexity index is 1280. The van der Waals surface area contributed by atoms with Gasteiger partial charge in [0.2, 0.25) is 5.91 Å². The second-order valence-corrected chi connectivity index (χ2v) is 13.3. The van der Waals surface area contributed by atoms with Crippen LogP contribution in [0, 0.1) is 12.8 Å². The zero-order chi connectivity index (χ0) is 23.9. The summed E-state index contributed by atoms with van der Waals surface area (Å²) in [6.07, 6.45) is 2.86. The van der Waals surface area contributed by atoms with Crippen molar-refractivity contribution in [1.82, 2.24) is 9.29 Å². The number of anilines is 1. The molecule has 2 fully saturated rings. The molecule has 0 saturated carbocycles. The van der Waals surface area contributed by atoms with E-state index >= 15 is 0 Å². The number of carbonyl (C=O) groups excluding carboxylic acids is 1. The van der Waals surface area contributed by atoms with Crippen molar-refractivity contribution in [3.8, 4) is 0 Å². The molecule has 5 rings (SSSR count). The molecule has 2 saturated heterocycles. The van der Waals surface area contributed by atoms with Crippen molar-refractivity contribution in [2.24, 2.45) is 5.92 Å². The van der Waals surface area contributed by atoms with Crippen LogP contribution in [0.4, 0.5) is 5.13 Å². The van der Waals surface area contributed by atoms with Crippen LogP contribution < -0.4 is 4.90 Å². The maximum Gasteiger partial charge on any atom is 0.252 e. The van der Waals surface area contributed by atoms with Gasteiger partial charge in [0, 0.05) is 30.6 Å². The minimum absolute atomic E-state index is 0.00789. The van der Waals surface area contributed by atoms with Gasteiger partial charge in [-0.25, -0.2) is 13.4 Å². The van der Waals surface area contributed by atoms with Crippen molar-refractivity contribution in [2.45, 2.75) is 42.9 Å². The molecule has 0 aliphatic carbocycles. The molecule has 0 spiro atoms. The fraction of sp³-hybridized carbons (Fsp3) is 0.478. The first-order chi connectivity index (χ1) is 16.3. The average Bonchev–Trinajstić information content (AvgIpc) is 3.59. The van der Waals surface area contributed by atoms with Gasteiger partial charge in [-0.05, 0) is 61.7 Å². The Labute approximate surface area is 212 Å². The average molecular weight is 540 g/mol. The molecular weight excluding hydrogens is 514 g/mol. The first-order valence-corrected chi connectivity index (χ1v) is 14.9. The van der Waals surface area contributed by atoms with Gasteiger partial charge < -0.3 is 4.74 Å². The molecule has 1 unspecified atom stereocenters. The zero-order valence-corrected chi connectivity index (χ0v) is 22.0. The lowest BCUT2D eigenvalue weighted by molar-refractivity contribution is -0.123. The van der Waals surface area contributed by atoms with E-state index in [9.17, 15) is 13.2 Å². The summed E-state index contributed by atoms with van der Waals surface area (Å²) in [6.45, 7) is 3.80. The van der Waals surface area contributed by atoms with Gasteiger partial charge in [-0.1, -0.05) is 29.0 Å². The van der Waals surface area contributed by atoms with Gasteiger partial charge in [0.25, 0.3) is 10.0 Å². The molecule has 2 aliphatic heterocycles. The van der Waals surface area contributed by atoms with E-state index in [4.69, 9.17) is 21.3 Å². The summed E-state index contributed by atoms with van der Waals surface area (Å²) in [4.78, 5) is 20.3. The number of nitrogens with zero attached hydrogens (tertiary/aromatic N) is 3. The normalized spacial score (nSPS) is 20.2. The number of thiophene rings is 1. The van der Waals surface area contributed by atoms with Gasteiger partial charge in [0.1, 0.15) is 4.21 Å². The Morgan fingerprint density at radius 3 is 2.76 bits per heavy atom. The molecule has 0 radical (unpaired) electrons. The molecular formula is C23H26ClN3O4S3. The van der Waals surface area contributed by atoms with Crippen LogP contribution in [0.3, 0.4) is 0 Å². The Hall–Kier alpha value is -1.56. The highest BCUT2D eigenvalue weighted by Gasteiger charge is 2.36. The van der Waals surface area contributed by atoms with E-state index in [-0.39, 0.29) is 17.9 Å². The summed E-state index contributed by atoms with van der Waals surface area (Å²) in [5, 5.41) is 3.06. The Kier molecular flexibility index (Phi) is 6.98. The molecule has 2 aliphatic rings. The summed E-state index contributed by atoms with van der Waals surface area (Å²) in [5.41, 5.74) is 1.83. The fourth-order valence-corrected chi connectivity index (χ4v) is 8.66. The number of fused-ring (bicyclic) bond motifs is 1. The predicted octanol–water partition coefficient (Wildman–Crippen LogP) is 4.93. The third-order valence-electron chi connectivity index (χ3n) is 6.44. The van der Waals surface area contributed by atoms with Crippen molar-refractivity contribution >= 4 is 65.6 Å². The number of thiazole rings is 1. The molecule has 182 valence electrons. The largest absolute Gasteiger partial charge is 0.376 e. The molecule has 1 amide bonds. The highest BCUT2D eigenvalue weighted by atomic mass is 35.5. The number of ether oxygens (including phenoxy) is 1. The maximum absolute atomic E-state index is 13.7. The Morgan fingerprint density at radius 2 is 2.09 bits per heavy atom. The quantitative estimate of drug-likeness (QED) is 0.443. The highest BCUT2D eigenvalue weighted by molar-refractivity contribution is 7.91. The third kappa shape index (κ3) is 4.76. The minimum Gasteiger partial charge on any atom is -0.376 e. The highest BCUT2D eigenvalue weighted by Crippen LogP contribution is 2.35. The number of aryl methyl sites for hydroxylation is 1. The number of rotatable bonds is 6. The van der Waals surface area contributed by atoms with Crippen molar-refractivity contribution in [3.05, 3.63) is 40.2 Å². The van der Waals surface area contributed by atoms with Gasteiger partial charge in [-0.15, -0.1) is 11.3 Å². The van der Waals surface area contributed by atoms with E-state index in [2.05, 4.69) is 0 Å². The van der Waals surface area contributed by atoms with Crippen LogP contribution in [0.25, 0.3) is 10.2 Å². The molecule has 2 aromatic heterocycles. The van der Waals surface area contributed by atoms with Gasteiger partial charge in [0.15, 0.2) is 5.13 Å². The van der Waals surface area contributed by atoms with E-state index < -0.39 is 10.0 Å². The van der Waals surface area contributed by atoms with Crippen LogP contribution in [0.2, 0.25) is 5.02 Å². The third-order valence-corrected chi connectivity index (χ3v) is 11.0. The first kappa shape index (κ1) is 24.1. The molecule has 0 N–H and O–H groups in total. The summed E-state index contributed by atoms with van der Waals surface area (Å²) in [6, 6.07) is 7.13. The number of hydrogen-bond acceptors (Lipinski definition) is 7. The van der Waals surface area contributed by atoms with Crippen LogP contribution in [-0.2, 0) is 19.6 Å². The molecule has 7 nitrogen and oxygen atoms in total.